The van der Waals surface area contributed by atoms with Gasteiger partial charge in [-0.3, -0.25) is 14.3 Å². The van der Waals surface area contributed by atoms with E-state index in [1.807, 2.05) is 0 Å². The largest absolute Gasteiger partial charge is 0.416 e. The molecule has 0 radical (unpaired) electrons. The quantitative estimate of drug-likeness (QED) is 0.483. The topological polar surface area (TPSA) is 110 Å². The summed E-state index contributed by atoms with van der Waals surface area (Å²) in [7, 11) is -3.64. The lowest BCUT2D eigenvalue weighted by Gasteiger charge is -2.30. The molecule has 0 bridgehead atoms. The van der Waals surface area contributed by atoms with Crippen molar-refractivity contribution < 1.29 is 31.2 Å². The summed E-state index contributed by atoms with van der Waals surface area (Å²) >= 11 is 0. The van der Waals surface area contributed by atoms with E-state index < -0.39 is 39.6 Å². The van der Waals surface area contributed by atoms with Gasteiger partial charge in [0.05, 0.1) is 11.8 Å². The molecule has 3 aromatic carbocycles. The van der Waals surface area contributed by atoms with Gasteiger partial charge in [-0.1, -0.05) is 48.5 Å². The van der Waals surface area contributed by atoms with Crippen LogP contribution in [0.15, 0.2) is 78.9 Å². The van der Waals surface area contributed by atoms with Gasteiger partial charge in [-0.05, 0) is 41.5 Å². The van der Waals surface area contributed by atoms with Gasteiger partial charge in [0.2, 0.25) is 15.9 Å². The number of anilines is 1. The first-order valence-electron chi connectivity index (χ1n) is 10.2. The minimum absolute atomic E-state index is 0.00723. The summed E-state index contributed by atoms with van der Waals surface area (Å²) in [6.45, 7) is -0.366. The molecule has 1 atom stereocenters. The lowest BCUT2D eigenvalue weighted by molar-refractivity contribution is -0.137. The maximum Gasteiger partial charge on any atom is 0.416 e. The number of rotatable bonds is 8. The number of hydrogen-bond acceptors (Lipinski definition) is 4. The second-order valence-corrected chi connectivity index (χ2v) is 9.55. The van der Waals surface area contributed by atoms with Gasteiger partial charge in [0.15, 0.2) is 0 Å². The molecule has 3 rings (SSSR count). The average molecular weight is 506 g/mol. The number of primary amides is 1. The Balaban J connectivity index is 2.09. The van der Waals surface area contributed by atoms with E-state index in [0.717, 1.165) is 23.3 Å². The molecule has 0 spiro atoms. The van der Waals surface area contributed by atoms with Crippen molar-refractivity contribution in [3.63, 3.8) is 0 Å². The smallest absolute Gasteiger partial charge is 0.368 e. The van der Waals surface area contributed by atoms with Crippen molar-refractivity contribution in [3.05, 3.63) is 101 Å². The van der Waals surface area contributed by atoms with E-state index >= 15 is 0 Å². The molecule has 0 unspecified atom stereocenters. The summed E-state index contributed by atoms with van der Waals surface area (Å²) in [4.78, 5) is 27.2. The van der Waals surface area contributed by atoms with Crippen molar-refractivity contribution >= 4 is 27.5 Å². The average Bonchev–Trinajstić information content (AvgIpc) is 2.77. The fourth-order valence-corrected chi connectivity index (χ4v) is 4.11. The van der Waals surface area contributed by atoms with E-state index in [-0.39, 0.29) is 23.4 Å². The number of carbonyl (C=O) groups is 2. The Morgan fingerprint density at radius 2 is 1.63 bits per heavy atom. The van der Waals surface area contributed by atoms with Crippen LogP contribution in [0.2, 0.25) is 0 Å². The van der Waals surface area contributed by atoms with Crippen LogP contribution in [0, 0.1) is 0 Å². The van der Waals surface area contributed by atoms with Crippen molar-refractivity contribution in [2.45, 2.75) is 18.8 Å². The highest BCUT2D eigenvalue weighted by Gasteiger charge is 2.33. The van der Waals surface area contributed by atoms with Crippen LogP contribution < -0.4 is 10.5 Å². The Morgan fingerprint density at radius 1 is 0.971 bits per heavy atom. The van der Waals surface area contributed by atoms with Crippen LogP contribution in [0.5, 0.6) is 0 Å². The molecule has 0 aliphatic heterocycles. The van der Waals surface area contributed by atoms with Gasteiger partial charge in [-0.15, -0.1) is 0 Å². The van der Waals surface area contributed by atoms with Gasteiger partial charge in [0.25, 0.3) is 5.91 Å². The second kappa shape index (κ2) is 10.2. The molecule has 2 amide bonds. The molecule has 184 valence electrons. The predicted molar refractivity (Wildman–Crippen MR) is 125 cm³/mol. The highest BCUT2D eigenvalue weighted by molar-refractivity contribution is 7.92. The number of amides is 2. The van der Waals surface area contributed by atoms with Gasteiger partial charge >= 0.3 is 6.18 Å². The lowest BCUT2D eigenvalue weighted by atomic mass is 10.0. The summed E-state index contributed by atoms with van der Waals surface area (Å²) in [6, 6.07) is 16.7. The standard InChI is InChI=1S/C24H22F3N3O4S/c1-35(33,34)29-20-12-6-10-18(14-20)23(32)30(21(22(28)31)17-8-3-2-4-9-17)15-16-7-5-11-19(13-16)24(25,26)27/h2-14,21,29H,15H2,1H3,(H2,28,31)/t21-/m1/s1. The number of alkyl halides is 3. The van der Waals surface area contributed by atoms with Crippen LogP contribution in [-0.2, 0) is 27.5 Å². The van der Waals surface area contributed by atoms with Crippen molar-refractivity contribution in [2.75, 3.05) is 11.0 Å². The van der Waals surface area contributed by atoms with E-state index in [2.05, 4.69) is 4.72 Å². The molecular weight excluding hydrogens is 483 g/mol. The van der Waals surface area contributed by atoms with Gasteiger partial charge in [0, 0.05) is 17.8 Å². The molecular formula is C24H22F3N3O4S. The van der Waals surface area contributed by atoms with Gasteiger partial charge in [-0.2, -0.15) is 13.2 Å². The molecule has 0 heterocycles. The van der Waals surface area contributed by atoms with Crippen molar-refractivity contribution in [3.8, 4) is 0 Å². The third kappa shape index (κ3) is 6.82. The molecule has 0 fully saturated rings. The monoisotopic (exact) mass is 505 g/mol. The van der Waals surface area contributed by atoms with Crippen LogP contribution in [0.3, 0.4) is 0 Å². The van der Waals surface area contributed by atoms with E-state index in [1.165, 1.54) is 36.4 Å². The van der Waals surface area contributed by atoms with E-state index in [0.29, 0.717) is 5.56 Å². The van der Waals surface area contributed by atoms with Crippen molar-refractivity contribution in [2.24, 2.45) is 5.73 Å². The first-order chi connectivity index (χ1) is 16.3. The van der Waals surface area contributed by atoms with E-state index in [4.69, 9.17) is 5.73 Å². The fraction of sp³-hybridized carbons (Fsp3) is 0.167. The summed E-state index contributed by atoms with van der Waals surface area (Å²) in [5.41, 5.74) is 5.35. The molecule has 7 nitrogen and oxygen atoms in total. The third-order valence-corrected chi connectivity index (χ3v) is 5.58. The Bertz CT molecular complexity index is 1330. The molecule has 0 aliphatic carbocycles. The van der Waals surface area contributed by atoms with Crippen LogP contribution in [0.25, 0.3) is 0 Å². The zero-order valence-corrected chi connectivity index (χ0v) is 19.3. The number of carbonyl (C=O) groups excluding carboxylic acids is 2. The predicted octanol–water partition coefficient (Wildman–Crippen LogP) is 3.95. The number of halogens is 3. The van der Waals surface area contributed by atoms with Crippen molar-refractivity contribution in [1.82, 2.24) is 4.90 Å². The summed E-state index contributed by atoms with van der Waals surface area (Å²) in [5, 5.41) is 0. The molecule has 3 N–H and O–H groups in total. The molecule has 11 heteroatoms. The second-order valence-electron chi connectivity index (χ2n) is 7.80. The highest BCUT2D eigenvalue weighted by atomic mass is 32.2. The first kappa shape index (κ1) is 25.8. The summed E-state index contributed by atoms with van der Waals surface area (Å²) < 4.78 is 65.2. The number of sulfonamides is 1. The van der Waals surface area contributed by atoms with Crippen LogP contribution in [0.4, 0.5) is 18.9 Å². The van der Waals surface area contributed by atoms with Crippen LogP contribution >= 0.6 is 0 Å². The normalized spacial score (nSPS) is 12.6. The zero-order chi connectivity index (χ0) is 25.8. The van der Waals surface area contributed by atoms with E-state index in [9.17, 15) is 31.2 Å². The Morgan fingerprint density at radius 3 is 2.23 bits per heavy atom. The molecule has 0 aliphatic rings. The third-order valence-electron chi connectivity index (χ3n) is 4.98. The minimum atomic E-state index is -4.60. The maximum atomic E-state index is 13.6. The highest BCUT2D eigenvalue weighted by Crippen LogP contribution is 2.31. The minimum Gasteiger partial charge on any atom is -0.368 e. The van der Waals surface area contributed by atoms with E-state index in [1.54, 1.807) is 30.3 Å². The summed E-state index contributed by atoms with van der Waals surface area (Å²) in [5.74, 6) is -1.62. The number of hydrogen-bond donors (Lipinski definition) is 2. The number of nitrogens with one attached hydrogen (secondary N) is 1. The number of benzene rings is 3. The van der Waals surface area contributed by atoms with Crippen LogP contribution in [-0.4, -0.2) is 31.4 Å². The SMILES string of the molecule is CS(=O)(=O)Nc1cccc(C(=O)N(Cc2cccc(C(F)(F)F)c2)[C@@H](C(N)=O)c2ccccc2)c1. The fourth-order valence-electron chi connectivity index (χ4n) is 3.55. The number of nitrogens with zero attached hydrogens (tertiary/aromatic N) is 1. The van der Waals surface area contributed by atoms with Gasteiger partial charge in [-0.25, -0.2) is 8.42 Å². The lowest BCUT2D eigenvalue weighted by Crippen LogP contribution is -2.41. The zero-order valence-electron chi connectivity index (χ0n) is 18.5. The first-order valence-corrected chi connectivity index (χ1v) is 12.1. The summed E-state index contributed by atoms with van der Waals surface area (Å²) in [6.07, 6.45) is -3.65. The molecule has 3 aromatic rings. The van der Waals surface area contributed by atoms with Crippen LogP contribution in [0.1, 0.15) is 33.1 Å². The number of nitrogens with two attached hydrogens (primary N) is 1. The Hall–Kier alpha value is -3.86. The molecule has 0 aromatic heterocycles. The maximum absolute atomic E-state index is 13.6. The molecule has 0 saturated heterocycles. The Labute approximate surface area is 200 Å². The molecule has 35 heavy (non-hydrogen) atoms. The van der Waals surface area contributed by atoms with Gasteiger partial charge < -0.3 is 10.6 Å². The molecule has 0 saturated carbocycles. The Kier molecular flexibility index (Phi) is 7.49. The van der Waals surface area contributed by atoms with Crippen molar-refractivity contribution in [1.29, 1.82) is 0 Å². The van der Waals surface area contributed by atoms with Gasteiger partial charge in [0.1, 0.15) is 6.04 Å².